The van der Waals surface area contributed by atoms with E-state index in [1.54, 1.807) is 0 Å². The number of benzene rings is 2. The van der Waals surface area contributed by atoms with Gasteiger partial charge in [-0.05, 0) is 24.3 Å². The maximum absolute atomic E-state index is 12.3. The summed E-state index contributed by atoms with van der Waals surface area (Å²) in [6.45, 7) is -0.339. The van der Waals surface area contributed by atoms with Crippen molar-refractivity contribution in [3.05, 3.63) is 41.5 Å². The summed E-state index contributed by atoms with van der Waals surface area (Å²) in [6, 6.07) is 6.84. The van der Waals surface area contributed by atoms with Gasteiger partial charge in [0.25, 0.3) is 11.8 Å². The lowest BCUT2D eigenvalue weighted by Gasteiger charge is -2.14. The first-order valence-electron chi connectivity index (χ1n) is 8.31. The van der Waals surface area contributed by atoms with Gasteiger partial charge in [-0.25, -0.2) is 5.43 Å². The highest BCUT2D eigenvalue weighted by Crippen LogP contribution is 2.38. The Kier molecular flexibility index (Phi) is 7.24. The van der Waals surface area contributed by atoms with E-state index in [-0.39, 0.29) is 23.6 Å². The summed E-state index contributed by atoms with van der Waals surface area (Å²) in [5.74, 6) is -0.451. The highest BCUT2D eigenvalue weighted by atomic mass is 16.5. The molecule has 4 N–H and O–H groups in total. The monoisotopic (exact) mass is 403 g/mol. The molecule has 0 spiro atoms. The molecule has 2 amide bonds. The second-order valence-electron chi connectivity index (χ2n) is 5.63. The molecule has 2 aromatic carbocycles. The van der Waals surface area contributed by atoms with Gasteiger partial charge in [0.1, 0.15) is 11.5 Å². The van der Waals surface area contributed by atoms with Crippen LogP contribution in [-0.4, -0.2) is 56.1 Å². The number of ether oxygens (including phenoxy) is 3. The third-order valence-corrected chi connectivity index (χ3v) is 3.74. The van der Waals surface area contributed by atoms with Gasteiger partial charge in [0.2, 0.25) is 5.75 Å². The lowest BCUT2D eigenvalue weighted by atomic mass is 10.1. The molecule has 29 heavy (non-hydrogen) atoms. The third kappa shape index (κ3) is 5.51. The first-order valence-corrected chi connectivity index (χ1v) is 8.31. The van der Waals surface area contributed by atoms with Crippen LogP contribution in [0.2, 0.25) is 0 Å². The molecule has 0 aromatic heterocycles. The van der Waals surface area contributed by atoms with Crippen molar-refractivity contribution in [1.82, 2.24) is 10.7 Å². The second kappa shape index (κ2) is 9.83. The molecule has 0 atom stereocenters. The summed E-state index contributed by atoms with van der Waals surface area (Å²) in [5, 5.41) is 25.0. The van der Waals surface area contributed by atoms with Crippen molar-refractivity contribution >= 4 is 18.0 Å². The molecule has 0 fully saturated rings. The van der Waals surface area contributed by atoms with Gasteiger partial charge in [0.15, 0.2) is 11.5 Å². The maximum atomic E-state index is 12.3. The number of aromatic hydroxyl groups is 2. The number of methoxy groups -OCH3 is 3. The van der Waals surface area contributed by atoms with E-state index >= 15 is 0 Å². The van der Waals surface area contributed by atoms with Crippen LogP contribution in [-0.2, 0) is 4.79 Å². The number of carbonyl (C=O) groups excluding carboxylic acids is 2. The molecule has 0 saturated heterocycles. The zero-order valence-electron chi connectivity index (χ0n) is 16.1. The predicted molar refractivity (Wildman–Crippen MR) is 104 cm³/mol. The molecule has 0 aliphatic heterocycles. The summed E-state index contributed by atoms with van der Waals surface area (Å²) in [4.78, 5) is 24.2. The Hall–Kier alpha value is -3.95. The average Bonchev–Trinajstić information content (AvgIpc) is 2.72. The van der Waals surface area contributed by atoms with E-state index in [2.05, 4.69) is 15.8 Å². The van der Waals surface area contributed by atoms with Crippen molar-refractivity contribution in [3.63, 3.8) is 0 Å². The zero-order valence-corrected chi connectivity index (χ0v) is 16.1. The number of phenols is 2. The Morgan fingerprint density at radius 2 is 1.69 bits per heavy atom. The fourth-order valence-corrected chi connectivity index (χ4v) is 2.33. The number of rotatable bonds is 8. The quantitative estimate of drug-likeness (QED) is 0.381. The summed E-state index contributed by atoms with van der Waals surface area (Å²) in [7, 11) is 4.30. The smallest absolute Gasteiger partial charge is 0.259 e. The van der Waals surface area contributed by atoms with Gasteiger partial charge >= 0.3 is 0 Å². The molecule has 0 aliphatic rings. The molecule has 0 saturated carbocycles. The number of hydrazone groups is 1. The molecule has 0 radical (unpaired) electrons. The lowest BCUT2D eigenvalue weighted by Crippen LogP contribution is -2.34. The van der Waals surface area contributed by atoms with Gasteiger partial charge in [0.05, 0.1) is 34.1 Å². The van der Waals surface area contributed by atoms with Crippen molar-refractivity contribution in [2.45, 2.75) is 0 Å². The number of hydrogen-bond acceptors (Lipinski definition) is 8. The topological polar surface area (TPSA) is 139 Å². The van der Waals surface area contributed by atoms with Crippen molar-refractivity contribution in [2.24, 2.45) is 5.10 Å². The van der Waals surface area contributed by atoms with E-state index in [4.69, 9.17) is 14.2 Å². The van der Waals surface area contributed by atoms with E-state index < -0.39 is 11.8 Å². The zero-order chi connectivity index (χ0) is 21.4. The van der Waals surface area contributed by atoms with E-state index in [1.165, 1.54) is 51.8 Å². The Balaban J connectivity index is 1.96. The molecule has 10 nitrogen and oxygen atoms in total. The highest BCUT2D eigenvalue weighted by Gasteiger charge is 2.17. The number of phenolic OH excluding ortho intramolecular Hbond substituents is 2. The maximum Gasteiger partial charge on any atom is 0.259 e. The molecule has 0 unspecified atom stereocenters. The van der Waals surface area contributed by atoms with E-state index in [0.717, 1.165) is 6.07 Å². The Bertz CT molecular complexity index is 903. The predicted octanol–water partition coefficient (Wildman–Crippen LogP) is 1.00. The molecule has 10 heteroatoms. The fraction of sp³-hybridized carbons (Fsp3) is 0.211. The Morgan fingerprint density at radius 1 is 1.03 bits per heavy atom. The average molecular weight is 403 g/mol. The summed E-state index contributed by atoms with van der Waals surface area (Å²) < 4.78 is 15.6. The third-order valence-electron chi connectivity index (χ3n) is 3.74. The van der Waals surface area contributed by atoms with Crippen LogP contribution in [0.1, 0.15) is 15.9 Å². The van der Waals surface area contributed by atoms with Crippen LogP contribution in [0.15, 0.2) is 35.4 Å². The van der Waals surface area contributed by atoms with Gasteiger partial charge in [-0.15, -0.1) is 0 Å². The Labute approximate surface area is 166 Å². The second-order valence-corrected chi connectivity index (χ2v) is 5.63. The largest absolute Gasteiger partial charge is 0.508 e. The fourth-order valence-electron chi connectivity index (χ4n) is 2.33. The van der Waals surface area contributed by atoms with Crippen molar-refractivity contribution < 1.29 is 34.0 Å². The van der Waals surface area contributed by atoms with Gasteiger partial charge in [0, 0.05) is 17.2 Å². The van der Waals surface area contributed by atoms with Crippen molar-refractivity contribution in [3.8, 4) is 28.7 Å². The molecular weight excluding hydrogens is 382 g/mol. The van der Waals surface area contributed by atoms with Crippen LogP contribution in [0.25, 0.3) is 0 Å². The number of nitrogens with zero attached hydrogens (tertiary/aromatic N) is 1. The molecule has 0 aliphatic carbocycles. The van der Waals surface area contributed by atoms with Gasteiger partial charge in [-0.1, -0.05) is 0 Å². The molecule has 154 valence electrons. The normalized spacial score (nSPS) is 10.4. The number of amides is 2. The minimum absolute atomic E-state index is 0.0989. The Morgan fingerprint density at radius 3 is 2.24 bits per heavy atom. The lowest BCUT2D eigenvalue weighted by molar-refractivity contribution is -0.120. The molecule has 0 heterocycles. The number of carbonyl (C=O) groups is 2. The van der Waals surface area contributed by atoms with E-state index in [1.807, 2.05) is 0 Å². The van der Waals surface area contributed by atoms with Crippen LogP contribution >= 0.6 is 0 Å². The van der Waals surface area contributed by atoms with E-state index in [0.29, 0.717) is 22.8 Å². The van der Waals surface area contributed by atoms with Crippen LogP contribution in [0.4, 0.5) is 0 Å². The highest BCUT2D eigenvalue weighted by molar-refractivity contribution is 5.97. The van der Waals surface area contributed by atoms with E-state index in [9.17, 15) is 19.8 Å². The van der Waals surface area contributed by atoms with Crippen LogP contribution in [0.3, 0.4) is 0 Å². The van der Waals surface area contributed by atoms with Crippen LogP contribution in [0, 0.1) is 0 Å². The summed E-state index contributed by atoms with van der Waals surface area (Å²) in [5.41, 5.74) is 2.72. The summed E-state index contributed by atoms with van der Waals surface area (Å²) >= 11 is 0. The van der Waals surface area contributed by atoms with Gasteiger partial charge < -0.3 is 29.7 Å². The molecule has 2 rings (SSSR count). The SMILES string of the molecule is COc1cc(C(=O)NCC(=O)N/N=C/c2ccc(O)cc2O)cc(OC)c1OC. The van der Waals surface area contributed by atoms with Gasteiger partial charge in [-0.3, -0.25) is 9.59 Å². The first kappa shape index (κ1) is 21.4. The van der Waals surface area contributed by atoms with Crippen molar-refractivity contribution in [2.75, 3.05) is 27.9 Å². The van der Waals surface area contributed by atoms with Crippen LogP contribution < -0.4 is 25.0 Å². The minimum Gasteiger partial charge on any atom is -0.508 e. The molecule has 2 aromatic rings. The number of nitrogens with one attached hydrogen (secondary N) is 2. The first-order chi connectivity index (χ1) is 13.9. The van der Waals surface area contributed by atoms with Crippen LogP contribution in [0.5, 0.6) is 28.7 Å². The standard InChI is InChI=1S/C19H21N3O7/c1-27-15-6-12(7-16(28-2)18(15)29-3)19(26)20-10-17(25)22-21-9-11-4-5-13(23)8-14(11)24/h4-9,23-24H,10H2,1-3H3,(H,20,26)(H,22,25)/b21-9+. The van der Waals surface area contributed by atoms with Crippen molar-refractivity contribution in [1.29, 1.82) is 0 Å². The number of hydrogen-bond donors (Lipinski definition) is 4. The summed E-state index contributed by atoms with van der Waals surface area (Å²) in [6.07, 6.45) is 1.20. The molecule has 0 bridgehead atoms. The van der Waals surface area contributed by atoms with Gasteiger partial charge in [-0.2, -0.15) is 5.10 Å². The molecular formula is C19H21N3O7. The minimum atomic E-state index is -0.583.